The molecule has 0 saturated carbocycles. The molecule has 1 N–H and O–H groups in total. The van der Waals surface area contributed by atoms with Crippen LogP contribution in [0.5, 0.6) is 5.75 Å². The molecule has 1 saturated heterocycles. The van der Waals surface area contributed by atoms with Crippen LogP contribution in [-0.2, 0) is 11.2 Å². The average Bonchev–Trinajstić information content (AvgIpc) is 2.77. The van der Waals surface area contributed by atoms with Crippen molar-refractivity contribution in [2.24, 2.45) is 0 Å². The van der Waals surface area contributed by atoms with E-state index in [1.54, 1.807) is 0 Å². The van der Waals surface area contributed by atoms with Crippen LogP contribution < -0.4 is 10.1 Å². The number of rotatable bonds is 2. The van der Waals surface area contributed by atoms with Crippen LogP contribution in [0.2, 0.25) is 0 Å². The van der Waals surface area contributed by atoms with E-state index in [9.17, 15) is 4.79 Å². The molecule has 0 spiro atoms. The number of para-hydroxylation sites is 1. The highest BCUT2D eigenvalue weighted by Crippen LogP contribution is 2.28. The lowest BCUT2D eigenvalue weighted by Gasteiger charge is -2.39. The summed E-state index contributed by atoms with van der Waals surface area (Å²) in [6.45, 7) is 6.16. The van der Waals surface area contributed by atoms with Crippen LogP contribution in [0.1, 0.15) is 19.4 Å². The molecule has 1 atom stereocenters. The number of nitrogens with zero attached hydrogens (tertiary/aromatic N) is 1. The van der Waals surface area contributed by atoms with Crippen molar-refractivity contribution in [3.05, 3.63) is 29.8 Å². The SMILES string of the molecule is CC1(C)NCCN(CC2Cc3ccccc3O2)C1=O. The molecule has 4 nitrogen and oxygen atoms in total. The van der Waals surface area contributed by atoms with Crippen LogP contribution in [0.15, 0.2) is 24.3 Å². The Morgan fingerprint density at radius 1 is 1.42 bits per heavy atom. The molecule has 0 aliphatic carbocycles. The summed E-state index contributed by atoms with van der Waals surface area (Å²) < 4.78 is 5.91. The molecule has 1 amide bonds. The first-order valence-electron chi connectivity index (χ1n) is 6.85. The molecule has 0 bridgehead atoms. The minimum atomic E-state index is -0.455. The molecule has 2 aliphatic rings. The van der Waals surface area contributed by atoms with Gasteiger partial charge in [-0.1, -0.05) is 18.2 Å². The predicted octanol–water partition coefficient (Wildman–Crippen LogP) is 1.20. The van der Waals surface area contributed by atoms with Crippen molar-refractivity contribution in [2.75, 3.05) is 19.6 Å². The molecule has 1 aromatic rings. The summed E-state index contributed by atoms with van der Waals surface area (Å²) in [5.74, 6) is 1.13. The first-order valence-corrected chi connectivity index (χ1v) is 6.85. The predicted molar refractivity (Wildman–Crippen MR) is 73.2 cm³/mol. The molecular weight excluding hydrogens is 240 g/mol. The van der Waals surface area contributed by atoms with Crippen molar-refractivity contribution in [2.45, 2.75) is 31.9 Å². The van der Waals surface area contributed by atoms with Gasteiger partial charge in [-0.3, -0.25) is 4.79 Å². The maximum absolute atomic E-state index is 12.3. The zero-order valence-corrected chi connectivity index (χ0v) is 11.5. The first kappa shape index (κ1) is 12.5. The number of hydrogen-bond acceptors (Lipinski definition) is 3. The monoisotopic (exact) mass is 260 g/mol. The van der Waals surface area contributed by atoms with Gasteiger partial charge < -0.3 is 15.0 Å². The van der Waals surface area contributed by atoms with E-state index in [4.69, 9.17) is 4.74 Å². The van der Waals surface area contributed by atoms with E-state index in [0.29, 0.717) is 6.54 Å². The minimum Gasteiger partial charge on any atom is -0.488 e. The third-order valence-corrected chi connectivity index (χ3v) is 3.91. The summed E-state index contributed by atoms with van der Waals surface area (Å²) in [6.07, 6.45) is 0.989. The van der Waals surface area contributed by atoms with Crippen molar-refractivity contribution < 1.29 is 9.53 Å². The standard InChI is InChI=1S/C15H20N2O2/c1-15(2)14(18)17(8-7-16-15)10-12-9-11-5-3-4-6-13(11)19-12/h3-6,12,16H,7-10H2,1-2H3. The smallest absolute Gasteiger partial charge is 0.242 e. The van der Waals surface area contributed by atoms with Gasteiger partial charge in [0.2, 0.25) is 5.91 Å². The second kappa shape index (κ2) is 4.53. The number of carbonyl (C=O) groups is 1. The van der Waals surface area contributed by atoms with Gasteiger partial charge in [-0.05, 0) is 25.5 Å². The van der Waals surface area contributed by atoms with Crippen LogP contribution in [0, 0.1) is 0 Å². The molecule has 1 fully saturated rings. The Labute approximate surface area is 113 Å². The molecule has 102 valence electrons. The van der Waals surface area contributed by atoms with Gasteiger partial charge in [-0.2, -0.15) is 0 Å². The third kappa shape index (κ3) is 2.32. The van der Waals surface area contributed by atoms with Crippen molar-refractivity contribution >= 4 is 5.91 Å². The molecule has 19 heavy (non-hydrogen) atoms. The Balaban J connectivity index is 1.66. The highest BCUT2D eigenvalue weighted by atomic mass is 16.5. The zero-order valence-electron chi connectivity index (χ0n) is 11.5. The normalized spacial score (nSPS) is 25.1. The second-order valence-electron chi connectivity index (χ2n) is 5.85. The maximum atomic E-state index is 12.3. The fourth-order valence-electron chi connectivity index (χ4n) is 2.85. The van der Waals surface area contributed by atoms with E-state index in [-0.39, 0.29) is 12.0 Å². The Hall–Kier alpha value is -1.55. The van der Waals surface area contributed by atoms with Crippen LogP contribution >= 0.6 is 0 Å². The van der Waals surface area contributed by atoms with Gasteiger partial charge in [-0.25, -0.2) is 0 Å². The van der Waals surface area contributed by atoms with Gasteiger partial charge in [0.1, 0.15) is 11.9 Å². The molecule has 0 aromatic heterocycles. The lowest BCUT2D eigenvalue weighted by atomic mass is 10.00. The summed E-state index contributed by atoms with van der Waals surface area (Å²) in [6, 6.07) is 8.11. The highest BCUT2D eigenvalue weighted by molar-refractivity contribution is 5.86. The number of ether oxygens (including phenoxy) is 1. The fourth-order valence-corrected chi connectivity index (χ4v) is 2.85. The van der Waals surface area contributed by atoms with E-state index in [1.807, 2.05) is 36.9 Å². The number of piperazine rings is 1. The zero-order chi connectivity index (χ0) is 13.5. The van der Waals surface area contributed by atoms with Crippen molar-refractivity contribution in [3.63, 3.8) is 0 Å². The van der Waals surface area contributed by atoms with Crippen molar-refractivity contribution in [1.29, 1.82) is 0 Å². The molecule has 2 heterocycles. The lowest BCUT2D eigenvalue weighted by Crippen LogP contribution is -2.62. The Morgan fingerprint density at radius 3 is 3.00 bits per heavy atom. The second-order valence-corrected chi connectivity index (χ2v) is 5.85. The van der Waals surface area contributed by atoms with Crippen LogP contribution in [0.4, 0.5) is 0 Å². The highest BCUT2D eigenvalue weighted by Gasteiger charge is 2.37. The summed E-state index contributed by atoms with van der Waals surface area (Å²) >= 11 is 0. The largest absolute Gasteiger partial charge is 0.488 e. The van der Waals surface area contributed by atoms with E-state index in [0.717, 1.165) is 25.3 Å². The van der Waals surface area contributed by atoms with Crippen molar-refractivity contribution in [1.82, 2.24) is 10.2 Å². The van der Waals surface area contributed by atoms with Gasteiger partial charge >= 0.3 is 0 Å². The number of fused-ring (bicyclic) bond motifs is 1. The van der Waals surface area contributed by atoms with Crippen LogP contribution in [0.25, 0.3) is 0 Å². The number of hydrogen-bond donors (Lipinski definition) is 1. The van der Waals surface area contributed by atoms with Gasteiger partial charge in [-0.15, -0.1) is 0 Å². The first-order chi connectivity index (χ1) is 9.06. The Kier molecular flexibility index (Phi) is 2.97. The van der Waals surface area contributed by atoms with Crippen molar-refractivity contribution in [3.8, 4) is 5.75 Å². The van der Waals surface area contributed by atoms with E-state index in [2.05, 4.69) is 11.4 Å². The maximum Gasteiger partial charge on any atom is 0.242 e. The number of nitrogens with one attached hydrogen (secondary N) is 1. The fraction of sp³-hybridized carbons (Fsp3) is 0.533. The summed E-state index contributed by atoms with van der Waals surface area (Å²) in [4.78, 5) is 14.2. The van der Waals surface area contributed by atoms with Gasteiger partial charge in [0.25, 0.3) is 0 Å². The van der Waals surface area contributed by atoms with Gasteiger partial charge in [0.05, 0.1) is 12.1 Å². The summed E-state index contributed by atoms with van der Waals surface area (Å²) in [5, 5.41) is 3.25. The number of amides is 1. The van der Waals surface area contributed by atoms with E-state index < -0.39 is 5.54 Å². The Morgan fingerprint density at radius 2 is 2.21 bits per heavy atom. The molecule has 4 heteroatoms. The van der Waals surface area contributed by atoms with Gasteiger partial charge in [0.15, 0.2) is 0 Å². The number of benzene rings is 1. The third-order valence-electron chi connectivity index (χ3n) is 3.91. The number of carbonyl (C=O) groups excluding carboxylic acids is 1. The van der Waals surface area contributed by atoms with E-state index in [1.165, 1.54) is 5.56 Å². The molecule has 2 aliphatic heterocycles. The Bertz CT molecular complexity index is 474. The van der Waals surface area contributed by atoms with Gasteiger partial charge in [0, 0.05) is 19.5 Å². The summed E-state index contributed by atoms with van der Waals surface area (Å²) in [5.41, 5.74) is 0.790. The van der Waals surface area contributed by atoms with Crippen LogP contribution in [-0.4, -0.2) is 42.1 Å². The van der Waals surface area contributed by atoms with E-state index >= 15 is 0 Å². The topological polar surface area (TPSA) is 41.6 Å². The quantitative estimate of drug-likeness (QED) is 0.869. The lowest BCUT2D eigenvalue weighted by molar-refractivity contribution is -0.140. The average molecular weight is 260 g/mol. The minimum absolute atomic E-state index is 0.0928. The molecule has 0 radical (unpaired) electrons. The van der Waals surface area contributed by atoms with Crippen LogP contribution in [0.3, 0.4) is 0 Å². The molecule has 1 unspecified atom stereocenters. The molecular formula is C15H20N2O2. The molecule has 3 rings (SSSR count). The summed E-state index contributed by atoms with van der Waals surface area (Å²) in [7, 11) is 0. The molecule has 1 aromatic carbocycles.